The number of benzene rings is 1. The van der Waals surface area contributed by atoms with Crippen LogP contribution in [0.2, 0.25) is 5.02 Å². The largest absolute Gasteiger partial charge is 0.442 e. The highest BCUT2D eigenvalue weighted by molar-refractivity contribution is 9.10. The average Bonchev–Trinajstić information content (AvgIpc) is 2.79. The van der Waals surface area contributed by atoms with Crippen LogP contribution in [-0.4, -0.2) is 29.8 Å². The van der Waals surface area contributed by atoms with Crippen LogP contribution >= 0.6 is 27.5 Å². The summed E-state index contributed by atoms with van der Waals surface area (Å²) < 4.78 is 6.34. The Labute approximate surface area is 132 Å². The van der Waals surface area contributed by atoms with Gasteiger partial charge in [-0.05, 0) is 61.3 Å². The topological polar surface area (TPSA) is 32.8 Å². The van der Waals surface area contributed by atoms with Crippen molar-refractivity contribution in [2.75, 3.05) is 18.1 Å². The SMILES string of the molecule is CC(C)(C)OC(=O)N1CCCN1c1cc(Cl)ccc1Br. The predicted molar refractivity (Wildman–Crippen MR) is 84.1 cm³/mol. The molecule has 0 aliphatic carbocycles. The van der Waals surface area contributed by atoms with Gasteiger partial charge in [-0.15, -0.1) is 0 Å². The van der Waals surface area contributed by atoms with Gasteiger partial charge in [-0.3, -0.25) is 5.01 Å². The summed E-state index contributed by atoms with van der Waals surface area (Å²) >= 11 is 9.55. The van der Waals surface area contributed by atoms with Crippen molar-refractivity contribution in [3.05, 3.63) is 27.7 Å². The van der Waals surface area contributed by atoms with Crippen LogP contribution in [0.4, 0.5) is 10.5 Å². The van der Waals surface area contributed by atoms with Crippen molar-refractivity contribution in [3.63, 3.8) is 0 Å². The third-order valence-corrected chi connectivity index (χ3v) is 3.73. The first-order valence-electron chi connectivity index (χ1n) is 6.51. The summed E-state index contributed by atoms with van der Waals surface area (Å²) in [5.74, 6) is 0. The fourth-order valence-electron chi connectivity index (χ4n) is 2.05. The van der Waals surface area contributed by atoms with Crippen LogP contribution in [0.15, 0.2) is 22.7 Å². The molecule has 2 rings (SSSR count). The number of amides is 1. The van der Waals surface area contributed by atoms with E-state index in [1.807, 2.05) is 44.0 Å². The Bertz CT molecular complexity index is 516. The zero-order valence-electron chi connectivity index (χ0n) is 11.8. The van der Waals surface area contributed by atoms with Crippen molar-refractivity contribution >= 4 is 39.3 Å². The van der Waals surface area contributed by atoms with Gasteiger partial charge in [0.2, 0.25) is 0 Å². The molecule has 6 heteroatoms. The minimum atomic E-state index is -0.503. The van der Waals surface area contributed by atoms with Gasteiger partial charge in [-0.2, -0.15) is 0 Å². The highest BCUT2D eigenvalue weighted by Gasteiger charge is 2.31. The molecule has 1 saturated heterocycles. The fourth-order valence-corrected chi connectivity index (χ4v) is 2.67. The van der Waals surface area contributed by atoms with Gasteiger partial charge >= 0.3 is 6.09 Å². The molecule has 0 radical (unpaired) electrons. The van der Waals surface area contributed by atoms with E-state index >= 15 is 0 Å². The van der Waals surface area contributed by atoms with Crippen LogP contribution in [0.5, 0.6) is 0 Å². The molecule has 1 heterocycles. The standard InChI is InChI=1S/C14H18BrClN2O2/c1-14(2,3)20-13(19)18-8-4-7-17(18)12-9-10(16)5-6-11(12)15/h5-6,9H,4,7-8H2,1-3H3. The summed E-state index contributed by atoms with van der Waals surface area (Å²) in [6.45, 7) is 6.99. The highest BCUT2D eigenvalue weighted by Crippen LogP contribution is 2.33. The Kier molecular flexibility index (Phi) is 4.49. The molecule has 1 fully saturated rings. The van der Waals surface area contributed by atoms with Crippen molar-refractivity contribution in [2.24, 2.45) is 0 Å². The lowest BCUT2D eigenvalue weighted by Gasteiger charge is -2.32. The summed E-state index contributed by atoms with van der Waals surface area (Å²) in [5, 5.41) is 4.17. The van der Waals surface area contributed by atoms with Gasteiger partial charge in [0.05, 0.1) is 5.69 Å². The molecular formula is C14H18BrClN2O2. The van der Waals surface area contributed by atoms with E-state index in [9.17, 15) is 4.79 Å². The Balaban J connectivity index is 2.23. The molecule has 0 aromatic heterocycles. The second-order valence-electron chi connectivity index (χ2n) is 5.68. The number of nitrogens with zero attached hydrogens (tertiary/aromatic N) is 2. The Morgan fingerprint density at radius 1 is 1.35 bits per heavy atom. The van der Waals surface area contributed by atoms with Gasteiger partial charge in [0.15, 0.2) is 0 Å². The van der Waals surface area contributed by atoms with Gasteiger partial charge in [0.1, 0.15) is 5.60 Å². The molecule has 0 spiro atoms. The van der Waals surface area contributed by atoms with Crippen LogP contribution in [-0.2, 0) is 4.74 Å². The number of carbonyl (C=O) groups is 1. The third kappa shape index (κ3) is 3.58. The quantitative estimate of drug-likeness (QED) is 0.740. The van der Waals surface area contributed by atoms with Crippen LogP contribution in [0, 0.1) is 0 Å². The molecule has 4 nitrogen and oxygen atoms in total. The number of rotatable bonds is 1. The molecule has 0 bridgehead atoms. The molecule has 1 aromatic rings. The van der Waals surface area contributed by atoms with Crippen molar-refractivity contribution in [3.8, 4) is 0 Å². The van der Waals surface area contributed by atoms with E-state index in [0.29, 0.717) is 11.6 Å². The van der Waals surface area contributed by atoms with Crippen LogP contribution < -0.4 is 5.01 Å². The van der Waals surface area contributed by atoms with Crippen molar-refractivity contribution in [1.29, 1.82) is 0 Å². The van der Waals surface area contributed by atoms with E-state index < -0.39 is 5.60 Å². The minimum Gasteiger partial charge on any atom is -0.442 e. The monoisotopic (exact) mass is 360 g/mol. The van der Waals surface area contributed by atoms with E-state index in [1.165, 1.54) is 0 Å². The molecule has 1 aromatic carbocycles. The molecule has 20 heavy (non-hydrogen) atoms. The molecule has 1 amide bonds. The van der Waals surface area contributed by atoms with E-state index in [0.717, 1.165) is 23.1 Å². The number of anilines is 1. The van der Waals surface area contributed by atoms with Crippen molar-refractivity contribution in [2.45, 2.75) is 32.8 Å². The predicted octanol–water partition coefficient (Wildman–Crippen LogP) is 4.46. The number of hydrogen-bond donors (Lipinski definition) is 0. The first kappa shape index (κ1) is 15.4. The maximum atomic E-state index is 12.3. The Morgan fingerprint density at radius 2 is 2.05 bits per heavy atom. The fraction of sp³-hybridized carbons (Fsp3) is 0.500. The zero-order valence-corrected chi connectivity index (χ0v) is 14.2. The molecule has 1 aliphatic heterocycles. The van der Waals surface area contributed by atoms with Gasteiger partial charge in [0, 0.05) is 22.6 Å². The summed E-state index contributed by atoms with van der Waals surface area (Å²) in [5.41, 5.74) is 0.373. The van der Waals surface area contributed by atoms with Crippen LogP contribution in [0.25, 0.3) is 0 Å². The number of ether oxygens (including phenoxy) is 1. The molecule has 0 unspecified atom stereocenters. The van der Waals surface area contributed by atoms with Crippen LogP contribution in [0.1, 0.15) is 27.2 Å². The maximum absolute atomic E-state index is 12.3. The lowest BCUT2D eigenvalue weighted by molar-refractivity contribution is 0.0274. The van der Waals surface area contributed by atoms with Crippen molar-refractivity contribution in [1.82, 2.24) is 5.01 Å². The summed E-state index contributed by atoms with van der Waals surface area (Å²) in [7, 11) is 0. The lowest BCUT2D eigenvalue weighted by Crippen LogP contribution is -2.44. The minimum absolute atomic E-state index is 0.332. The average molecular weight is 362 g/mol. The second-order valence-corrected chi connectivity index (χ2v) is 6.97. The molecule has 0 saturated carbocycles. The normalized spacial score (nSPS) is 15.7. The molecule has 0 atom stereocenters. The van der Waals surface area contributed by atoms with E-state index in [2.05, 4.69) is 15.9 Å². The number of carbonyl (C=O) groups excluding carboxylic acids is 1. The first-order valence-corrected chi connectivity index (χ1v) is 7.68. The first-order chi connectivity index (χ1) is 9.28. The van der Waals surface area contributed by atoms with E-state index in [-0.39, 0.29) is 6.09 Å². The number of hydrogen-bond acceptors (Lipinski definition) is 3. The van der Waals surface area contributed by atoms with Gasteiger partial charge in [0.25, 0.3) is 0 Å². The number of hydrazine groups is 1. The van der Waals surface area contributed by atoms with Gasteiger partial charge < -0.3 is 4.74 Å². The Morgan fingerprint density at radius 3 is 2.70 bits per heavy atom. The summed E-state index contributed by atoms with van der Waals surface area (Å²) in [6, 6.07) is 5.53. The second kappa shape index (κ2) is 5.82. The highest BCUT2D eigenvalue weighted by atomic mass is 79.9. The molecule has 110 valence electrons. The van der Waals surface area contributed by atoms with E-state index in [4.69, 9.17) is 16.3 Å². The zero-order chi connectivity index (χ0) is 14.9. The molecular weight excluding hydrogens is 344 g/mol. The number of halogens is 2. The maximum Gasteiger partial charge on any atom is 0.429 e. The smallest absolute Gasteiger partial charge is 0.429 e. The molecule has 0 N–H and O–H groups in total. The Hall–Kier alpha value is -0.940. The third-order valence-electron chi connectivity index (χ3n) is 2.82. The van der Waals surface area contributed by atoms with E-state index in [1.54, 1.807) is 5.01 Å². The van der Waals surface area contributed by atoms with Gasteiger partial charge in [-0.25, -0.2) is 9.80 Å². The molecule has 1 aliphatic rings. The van der Waals surface area contributed by atoms with Crippen LogP contribution in [0.3, 0.4) is 0 Å². The lowest BCUT2D eigenvalue weighted by atomic mass is 10.2. The summed E-state index contributed by atoms with van der Waals surface area (Å²) in [6.07, 6.45) is 0.569. The summed E-state index contributed by atoms with van der Waals surface area (Å²) in [4.78, 5) is 12.3. The van der Waals surface area contributed by atoms with Crippen molar-refractivity contribution < 1.29 is 9.53 Å². The van der Waals surface area contributed by atoms with Gasteiger partial charge in [-0.1, -0.05) is 11.6 Å².